The molecular weight excluding hydrogens is 514 g/mol. The third-order valence-corrected chi connectivity index (χ3v) is 8.81. The maximum Gasteiger partial charge on any atom is 0.186 e. The number of Topliss-reactive ketones (excluding diaryl/α,β-unsaturated/α-hetero) is 3. The lowest BCUT2D eigenvalue weighted by atomic mass is 9.64. The maximum absolute atomic E-state index is 14.7. The largest absolute Gasteiger partial charge is 0.497 e. The summed E-state index contributed by atoms with van der Waals surface area (Å²) in [6.45, 7) is 0. The number of hydrogen-bond donors (Lipinski definition) is 0. The molecule has 4 aromatic rings. The highest BCUT2D eigenvalue weighted by molar-refractivity contribution is 6.32. The highest BCUT2D eigenvalue weighted by Crippen LogP contribution is 2.61. The number of nitrogens with zero attached hydrogens (tertiary/aromatic N) is 1. The molecule has 3 atom stereocenters. The molecule has 6 heteroatoms. The SMILES string of the molecule is COc1ccc([C@H]2[C@H](C(=O)c3cccc(OC)c3)N3c4ccccc4C=C[C@@H]3C23C(=O)c2ccccc2C3=O)cc1. The smallest absolute Gasteiger partial charge is 0.186 e. The van der Waals surface area contributed by atoms with Crippen molar-refractivity contribution in [2.75, 3.05) is 19.1 Å². The second kappa shape index (κ2) is 9.30. The quantitative estimate of drug-likeness (QED) is 0.227. The summed E-state index contributed by atoms with van der Waals surface area (Å²) in [5.41, 5.74) is 2.17. The van der Waals surface area contributed by atoms with Gasteiger partial charge in [0.2, 0.25) is 0 Å². The number of anilines is 1. The Labute approximate surface area is 237 Å². The fraction of sp³-hybridized carbons (Fsp3) is 0.171. The zero-order valence-corrected chi connectivity index (χ0v) is 22.6. The van der Waals surface area contributed by atoms with Crippen LogP contribution in [0.1, 0.15) is 48.1 Å². The molecule has 0 unspecified atom stereocenters. The van der Waals surface area contributed by atoms with Gasteiger partial charge in [-0.3, -0.25) is 14.4 Å². The van der Waals surface area contributed by atoms with Gasteiger partial charge in [0.05, 0.1) is 20.3 Å². The lowest BCUT2D eigenvalue weighted by Gasteiger charge is -2.37. The summed E-state index contributed by atoms with van der Waals surface area (Å²) in [4.78, 5) is 46.1. The minimum atomic E-state index is -1.54. The van der Waals surface area contributed by atoms with Crippen molar-refractivity contribution >= 4 is 29.1 Å². The number of ketones is 3. The summed E-state index contributed by atoms with van der Waals surface area (Å²) in [6.07, 6.45) is 3.89. The van der Waals surface area contributed by atoms with Crippen LogP contribution in [0.4, 0.5) is 5.69 Å². The molecule has 202 valence electrons. The predicted octanol–water partition coefficient (Wildman–Crippen LogP) is 6.02. The van der Waals surface area contributed by atoms with E-state index in [2.05, 4.69) is 0 Å². The monoisotopic (exact) mass is 541 g/mol. The van der Waals surface area contributed by atoms with E-state index in [1.54, 1.807) is 62.8 Å². The molecule has 41 heavy (non-hydrogen) atoms. The molecule has 6 nitrogen and oxygen atoms in total. The summed E-state index contributed by atoms with van der Waals surface area (Å²) in [5.74, 6) is -0.265. The lowest BCUT2D eigenvalue weighted by Crippen LogP contribution is -2.48. The Morgan fingerprint density at radius 3 is 2.10 bits per heavy atom. The summed E-state index contributed by atoms with van der Waals surface area (Å²) in [6, 6.07) is 27.7. The van der Waals surface area contributed by atoms with Crippen LogP contribution in [0.5, 0.6) is 11.5 Å². The molecule has 2 aliphatic heterocycles. The Morgan fingerprint density at radius 1 is 0.756 bits per heavy atom. The zero-order chi connectivity index (χ0) is 28.3. The van der Waals surface area contributed by atoms with Crippen LogP contribution in [0.3, 0.4) is 0 Å². The molecular formula is C35H27NO5. The highest BCUT2D eigenvalue weighted by atomic mass is 16.5. The van der Waals surface area contributed by atoms with E-state index in [1.165, 1.54) is 0 Å². The first-order valence-electron chi connectivity index (χ1n) is 13.6. The Morgan fingerprint density at radius 2 is 1.41 bits per heavy atom. The Hall–Kier alpha value is -4.97. The Balaban J connectivity index is 1.53. The van der Waals surface area contributed by atoms with Gasteiger partial charge in [-0.25, -0.2) is 0 Å². The van der Waals surface area contributed by atoms with E-state index in [0.717, 1.165) is 16.8 Å². The van der Waals surface area contributed by atoms with Crippen LogP contribution in [0.25, 0.3) is 6.08 Å². The first-order chi connectivity index (χ1) is 20.0. The molecule has 3 aliphatic rings. The van der Waals surface area contributed by atoms with E-state index < -0.39 is 23.4 Å². The van der Waals surface area contributed by atoms with Crippen LogP contribution >= 0.6 is 0 Å². The summed E-state index contributed by atoms with van der Waals surface area (Å²) >= 11 is 0. The average Bonchev–Trinajstić information content (AvgIpc) is 3.47. The van der Waals surface area contributed by atoms with Gasteiger partial charge in [0.25, 0.3) is 0 Å². The van der Waals surface area contributed by atoms with Gasteiger partial charge < -0.3 is 14.4 Å². The third-order valence-electron chi connectivity index (χ3n) is 8.81. The van der Waals surface area contributed by atoms with Crippen LogP contribution in [0, 0.1) is 5.41 Å². The second-order valence-electron chi connectivity index (χ2n) is 10.6. The number of rotatable bonds is 5. The van der Waals surface area contributed by atoms with Crippen molar-refractivity contribution in [3.8, 4) is 11.5 Å². The average molecular weight is 542 g/mol. The Kier molecular flexibility index (Phi) is 5.68. The Bertz CT molecular complexity index is 1720. The van der Waals surface area contributed by atoms with Crippen molar-refractivity contribution in [3.05, 3.63) is 131 Å². The molecule has 2 heterocycles. The van der Waals surface area contributed by atoms with Crippen LogP contribution in [-0.4, -0.2) is 43.7 Å². The maximum atomic E-state index is 14.7. The van der Waals surface area contributed by atoms with Gasteiger partial charge in [-0.05, 0) is 41.5 Å². The van der Waals surface area contributed by atoms with Gasteiger partial charge in [-0.1, -0.05) is 78.9 Å². The standard InChI is InChI=1S/C35H27NO5/c1-40-24-17-14-22(15-18-24)30-31(32(37)23-9-7-10-25(20-23)41-2)36-28-13-6-3-8-21(28)16-19-29(36)35(30)33(38)26-11-4-5-12-27(26)34(35)39/h3-20,29-31H,1-2H3/t29-,30+,31-/m1/s1. The number of carbonyl (C=O) groups excluding carboxylic acids is 3. The molecule has 1 aliphatic carbocycles. The molecule has 0 N–H and O–H groups in total. The lowest BCUT2D eigenvalue weighted by molar-refractivity contribution is 0.0666. The van der Waals surface area contributed by atoms with Gasteiger partial charge in [0.15, 0.2) is 17.3 Å². The third kappa shape index (κ3) is 3.40. The molecule has 1 saturated heterocycles. The minimum Gasteiger partial charge on any atom is -0.497 e. The van der Waals surface area contributed by atoms with Gasteiger partial charge in [0, 0.05) is 28.3 Å². The van der Waals surface area contributed by atoms with Crippen molar-refractivity contribution in [2.24, 2.45) is 5.41 Å². The van der Waals surface area contributed by atoms with Gasteiger partial charge >= 0.3 is 0 Å². The highest BCUT2D eigenvalue weighted by Gasteiger charge is 2.71. The van der Waals surface area contributed by atoms with E-state index in [9.17, 15) is 14.4 Å². The molecule has 0 saturated carbocycles. The second-order valence-corrected chi connectivity index (χ2v) is 10.6. The number of carbonyl (C=O) groups is 3. The van der Waals surface area contributed by atoms with Crippen molar-refractivity contribution in [1.29, 1.82) is 0 Å². The predicted molar refractivity (Wildman–Crippen MR) is 156 cm³/mol. The van der Waals surface area contributed by atoms with Gasteiger partial charge in [0.1, 0.15) is 23.0 Å². The van der Waals surface area contributed by atoms with E-state index in [4.69, 9.17) is 9.47 Å². The van der Waals surface area contributed by atoms with Gasteiger partial charge in [-0.15, -0.1) is 0 Å². The van der Waals surface area contributed by atoms with Crippen LogP contribution in [0.2, 0.25) is 0 Å². The molecule has 0 amide bonds. The van der Waals surface area contributed by atoms with Crippen molar-refractivity contribution in [2.45, 2.75) is 18.0 Å². The minimum absolute atomic E-state index is 0.187. The molecule has 4 aromatic carbocycles. The molecule has 1 fully saturated rings. The first kappa shape index (κ1) is 25.0. The van der Waals surface area contributed by atoms with Crippen LogP contribution < -0.4 is 14.4 Å². The summed E-state index contributed by atoms with van der Waals surface area (Å²) in [5, 5.41) is 0. The first-order valence-corrected chi connectivity index (χ1v) is 13.6. The molecule has 0 bridgehead atoms. The van der Waals surface area contributed by atoms with E-state index in [-0.39, 0.29) is 17.3 Å². The molecule has 7 rings (SSSR count). The molecule has 0 aromatic heterocycles. The molecule has 0 radical (unpaired) electrons. The number of fused-ring (bicyclic) bond motifs is 5. The topological polar surface area (TPSA) is 72.9 Å². The van der Waals surface area contributed by atoms with E-state index in [0.29, 0.717) is 28.2 Å². The van der Waals surface area contributed by atoms with Crippen molar-refractivity contribution in [3.63, 3.8) is 0 Å². The van der Waals surface area contributed by atoms with Gasteiger partial charge in [-0.2, -0.15) is 0 Å². The summed E-state index contributed by atoms with van der Waals surface area (Å²) < 4.78 is 10.9. The number of benzene rings is 4. The number of hydrogen-bond acceptors (Lipinski definition) is 6. The summed E-state index contributed by atoms with van der Waals surface area (Å²) in [7, 11) is 3.15. The van der Waals surface area contributed by atoms with E-state index >= 15 is 0 Å². The van der Waals surface area contributed by atoms with Crippen LogP contribution in [0.15, 0.2) is 103 Å². The van der Waals surface area contributed by atoms with Crippen LogP contribution in [-0.2, 0) is 0 Å². The zero-order valence-electron chi connectivity index (χ0n) is 22.6. The normalized spacial score (nSPS) is 21.4. The van der Waals surface area contributed by atoms with Crippen molar-refractivity contribution < 1.29 is 23.9 Å². The number of methoxy groups -OCH3 is 2. The van der Waals surface area contributed by atoms with Crippen molar-refractivity contribution in [1.82, 2.24) is 0 Å². The fourth-order valence-electron chi connectivity index (χ4n) is 7.05. The van der Waals surface area contributed by atoms with E-state index in [1.807, 2.05) is 65.6 Å². The fourth-order valence-corrected chi connectivity index (χ4v) is 7.05. The number of ether oxygens (including phenoxy) is 2. The molecule has 1 spiro atoms. The number of para-hydroxylation sites is 1.